The molecule has 0 spiro atoms. The minimum absolute atomic E-state index is 0.291. The monoisotopic (exact) mass is 254 g/mol. The molecular formula is C16H18N2O. The van der Waals surface area contributed by atoms with Crippen LogP contribution in [0, 0.1) is 18.3 Å². The molecule has 0 saturated carbocycles. The minimum atomic E-state index is 0.291. The highest BCUT2D eigenvalue weighted by Crippen LogP contribution is 2.19. The zero-order valence-corrected chi connectivity index (χ0v) is 11.3. The SMILES string of the molecule is Cc1ccc(C#N)c(NC(C)CCc2ccco2)c1. The van der Waals surface area contributed by atoms with Crippen molar-refractivity contribution in [3.8, 4) is 6.07 Å². The number of hydrogen-bond donors (Lipinski definition) is 1. The predicted octanol–water partition coefficient (Wildman–Crippen LogP) is 3.89. The van der Waals surface area contributed by atoms with Gasteiger partial charge in [0, 0.05) is 12.5 Å². The third kappa shape index (κ3) is 3.62. The van der Waals surface area contributed by atoms with E-state index in [1.54, 1.807) is 6.26 Å². The van der Waals surface area contributed by atoms with Crippen LogP contribution in [0.1, 0.15) is 30.2 Å². The molecule has 3 nitrogen and oxygen atoms in total. The van der Waals surface area contributed by atoms with Gasteiger partial charge < -0.3 is 9.73 Å². The molecule has 3 heteroatoms. The highest BCUT2D eigenvalue weighted by molar-refractivity contribution is 5.59. The molecule has 1 aromatic heterocycles. The van der Waals surface area contributed by atoms with Crippen LogP contribution in [-0.4, -0.2) is 6.04 Å². The number of nitriles is 1. The lowest BCUT2D eigenvalue weighted by atomic mass is 10.1. The maximum atomic E-state index is 9.10. The van der Waals surface area contributed by atoms with Gasteiger partial charge in [0.15, 0.2) is 0 Å². The number of aryl methyl sites for hydroxylation is 2. The topological polar surface area (TPSA) is 49.0 Å². The first-order valence-corrected chi connectivity index (χ1v) is 6.48. The van der Waals surface area contributed by atoms with Gasteiger partial charge >= 0.3 is 0 Å². The van der Waals surface area contributed by atoms with E-state index in [1.165, 1.54) is 0 Å². The molecule has 0 radical (unpaired) electrons. The Morgan fingerprint density at radius 3 is 2.89 bits per heavy atom. The van der Waals surface area contributed by atoms with Crippen molar-refractivity contribution in [2.75, 3.05) is 5.32 Å². The molecule has 0 bridgehead atoms. The summed E-state index contributed by atoms with van der Waals surface area (Å²) in [5.41, 5.74) is 2.75. The van der Waals surface area contributed by atoms with Crippen LogP contribution in [-0.2, 0) is 6.42 Å². The Kier molecular flexibility index (Phi) is 4.25. The number of rotatable bonds is 5. The van der Waals surface area contributed by atoms with E-state index in [4.69, 9.17) is 9.68 Å². The Labute approximate surface area is 113 Å². The summed E-state index contributed by atoms with van der Waals surface area (Å²) in [4.78, 5) is 0. The van der Waals surface area contributed by atoms with Crippen LogP contribution in [0.5, 0.6) is 0 Å². The van der Waals surface area contributed by atoms with Crippen molar-refractivity contribution in [3.05, 3.63) is 53.5 Å². The maximum absolute atomic E-state index is 9.10. The number of benzene rings is 1. The summed E-state index contributed by atoms with van der Waals surface area (Å²) >= 11 is 0. The van der Waals surface area contributed by atoms with Gasteiger partial charge in [-0.25, -0.2) is 0 Å². The smallest absolute Gasteiger partial charge is 0.103 e. The van der Waals surface area contributed by atoms with Crippen molar-refractivity contribution in [2.45, 2.75) is 32.7 Å². The van der Waals surface area contributed by atoms with Gasteiger partial charge in [0.2, 0.25) is 0 Å². The third-order valence-electron chi connectivity index (χ3n) is 3.10. The molecule has 0 aliphatic carbocycles. The van der Waals surface area contributed by atoms with Crippen molar-refractivity contribution in [1.82, 2.24) is 0 Å². The summed E-state index contributed by atoms with van der Waals surface area (Å²) in [7, 11) is 0. The molecular weight excluding hydrogens is 236 g/mol. The van der Waals surface area contributed by atoms with Crippen LogP contribution in [0.15, 0.2) is 41.0 Å². The van der Waals surface area contributed by atoms with Crippen LogP contribution < -0.4 is 5.32 Å². The lowest BCUT2D eigenvalue weighted by Crippen LogP contribution is -2.16. The van der Waals surface area contributed by atoms with Gasteiger partial charge in [-0.3, -0.25) is 0 Å². The highest BCUT2D eigenvalue weighted by Gasteiger charge is 2.07. The van der Waals surface area contributed by atoms with Crippen LogP contribution >= 0.6 is 0 Å². The average Bonchev–Trinajstić information content (AvgIpc) is 2.90. The van der Waals surface area contributed by atoms with Crippen molar-refractivity contribution in [1.29, 1.82) is 5.26 Å². The maximum Gasteiger partial charge on any atom is 0.103 e. The van der Waals surface area contributed by atoms with Crippen molar-refractivity contribution >= 4 is 5.69 Å². The minimum Gasteiger partial charge on any atom is -0.469 e. The molecule has 0 amide bonds. The Hall–Kier alpha value is -2.21. The van der Waals surface area contributed by atoms with Gasteiger partial charge in [-0.05, 0) is 50.1 Å². The van der Waals surface area contributed by atoms with Gasteiger partial charge in [-0.15, -0.1) is 0 Å². The highest BCUT2D eigenvalue weighted by atomic mass is 16.3. The molecule has 2 rings (SSSR count). The van der Waals surface area contributed by atoms with E-state index in [-0.39, 0.29) is 0 Å². The van der Waals surface area contributed by atoms with Gasteiger partial charge in [-0.1, -0.05) is 6.07 Å². The van der Waals surface area contributed by atoms with Gasteiger partial charge in [0.1, 0.15) is 11.8 Å². The van der Waals surface area contributed by atoms with Crippen LogP contribution in [0.2, 0.25) is 0 Å². The van der Waals surface area contributed by atoms with Crippen molar-refractivity contribution in [2.24, 2.45) is 0 Å². The second-order valence-electron chi connectivity index (χ2n) is 4.82. The number of anilines is 1. The summed E-state index contributed by atoms with van der Waals surface area (Å²) in [6, 6.07) is 12.2. The second-order valence-corrected chi connectivity index (χ2v) is 4.82. The first-order chi connectivity index (χ1) is 9.19. The zero-order chi connectivity index (χ0) is 13.7. The molecule has 0 fully saturated rings. The van der Waals surface area contributed by atoms with E-state index in [0.29, 0.717) is 11.6 Å². The molecule has 19 heavy (non-hydrogen) atoms. The van der Waals surface area contributed by atoms with E-state index in [0.717, 1.165) is 29.9 Å². The molecule has 98 valence electrons. The number of furan rings is 1. The lowest BCUT2D eigenvalue weighted by Gasteiger charge is -2.16. The Bertz CT molecular complexity index is 567. The molecule has 1 N–H and O–H groups in total. The fraction of sp³-hybridized carbons (Fsp3) is 0.312. The number of hydrogen-bond acceptors (Lipinski definition) is 3. The predicted molar refractivity (Wildman–Crippen MR) is 76.0 cm³/mol. The third-order valence-corrected chi connectivity index (χ3v) is 3.10. The van der Waals surface area contributed by atoms with Gasteiger partial charge in [0.25, 0.3) is 0 Å². The standard InChI is InChI=1S/C16H18N2O/c1-12-5-7-14(11-17)16(10-12)18-13(2)6-8-15-4-3-9-19-15/h3-5,7,9-10,13,18H,6,8H2,1-2H3. The number of nitrogens with one attached hydrogen (secondary N) is 1. The first-order valence-electron chi connectivity index (χ1n) is 6.48. The molecule has 1 aromatic carbocycles. The normalized spacial score (nSPS) is 11.8. The molecule has 0 aliphatic heterocycles. The van der Waals surface area contributed by atoms with E-state index in [1.807, 2.05) is 37.3 Å². The Morgan fingerprint density at radius 1 is 1.37 bits per heavy atom. The molecule has 0 saturated heterocycles. The Balaban J connectivity index is 1.97. The quantitative estimate of drug-likeness (QED) is 0.880. The fourth-order valence-corrected chi connectivity index (χ4v) is 2.03. The Morgan fingerprint density at radius 2 is 2.21 bits per heavy atom. The van der Waals surface area contributed by atoms with Gasteiger partial charge in [-0.2, -0.15) is 5.26 Å². The van der Waals surface area contributed by atoms with E-state index in [2.05, 4.69) is 18.3 Å². The molecule has 0 aliphatic rings. The average molecular weight is 254 g/mol. The molecule has 1 heterocycles. The molecule has 1 unspecified atom stereocenters. The zero-order valence-electron chi connectivity index (χ0n) is 11.3. The first kappa shape index (κ1) is 13.2. The lowest BCUT2D eigenvalue weighted by molar-refractivity contribution is 0.495. The largest absolute Gasteiger partial charge is 0.469 e. The summed E-state index contributed by atoms with van der Waals surface area (Å²) in [6.45, 7) is 4.15. The van der Waals surface area contributed by atoms with E-state index in [9.17, 15) is 0 Å². The van der Waals surface area contributed by atoms with Gasteiger partial charge in [0.05, 0.1) is 17.5 Å². The second kappa shape index (κ2) is 6.10. The summed E-state index contributed by atoms with van der Waals surface area (Å²) in [6.07, 6.45) is 3.56. The van der Waals surface area contributed by atoms with Crippen LogP contribution in [0.3, 0.4) is 0 Å². The van der Waals surface area contributed by atoms with Crippen LogP contribution in [0.4, 0.5) is 5.69 Å². The van der Waals surface area contributed by atoms with Crippen molar-refractivity contribution in [3.63, 3.8) is 0 Å². The van der Waals surface area contributed by atoms with E-state index >= 15 is 0 Å². The summed E-state index contributed by atoms with van der Waals surface area (Å²) in [5.74, 6) is 0.999. The fourth-order valence-electron chi connectivity index (χ4n) is 2.03. The number of nitrogens with zero attached hydrogens (tertiary/aromatic N) is 1. The molecule has 2 aromatic rings. The summed E-state index contributed by atoms with van der Waals surface area (Å²) < 4.78 is 5.32. The van der Waals surface area contributed by atoms with Crippen molar-refractivity contribution < 1.29 is 4.42 Å². The van der Waals surface area contributed by atoms with Crippen LogP contribution in [0.25, 0.3) is 0 Å². The molecule has 1 atom stereocenters. The summed E-state index contributed by atoms with van der Waals surface area (Å²) in [5, 5.41) is 12.5. The van der Waals surface area contributed by atoms with E-state index < -0.39 is 0 Å².